The van der Waals surface area contributed by atoms with Crippen LogP contribution in [0.3, 0.4) is 0 Å². The molecule has 1 aromatic carbocycles. The number of fused-ring (bicyclic) bond motifs is 1. The second-order valence-electron chi connectivity index (χ2n) is 7.81. The van der Waals surface area contributed by atoms with Gasteiger partial charge in [0.2, 0.25) is 0 Å². The maximum Gasteiger partial charge on any atom is 0.271 e. The third-order valence-electron chi connectivity index (χ3n) is 5.55. The number of ether oxygens (including phenoxy) is 1. The van der Waals surface area contributed by atoms with Crippen LogP contribution in [0.5, 0.6) is 5.75 Å². The van der Waals surface area contributed by atoms with Gasteiger partial charge in [-0.2, -0.15) is 0 Å². The largest absolute Gasteiger partial charge is 0.485 e. The zero-order valence-electron chi connectivity index (χ0n) is 18.5. The number of pyridine rings is 2. The minimum atomic E-state index is -1.70. The number of hydrogen-bond acceptors (Lipinski definition) is 6. The third kappa shape index (κ3) is 4.55. The number of aromatic nitrogens is 3. The van der Waals surface area contributed by atoms with Crippen molar-refractivity contribution in [3.8, 4) is 5.75 Å². The van der Waals surface area contributed by atoms with Crippen LogP contribution in [0.15, 0.2) is 54.9 Å². The molecule has 182 valence electrons. The van der Waals surface area contributed by atoms with Crippen LogP contribution >= 0.6 is 0 Å². The minimum absolute atomic E-state index is 0.0552. The Morgan fingerprint density at radius 3 is 2.43 bits per heavy atom. The lowest BCUT2D eigenvalue weighted by Gasteiger charge is -2.30. The van der Waals surface area contributed by atoms with Gasteiger partial charge < -0.3 is 20.3 Å². The Morgan fingerprint density at radius 1 is 1.09 bits per heavy atom. The molecule has 0 unspecified atom stereocenters. The lowest BCUT2D eigenvalue weighted by Crippen LogP contribution is -2.52. The van der Waals surface area contributed by atoms with E-state index in [2.05, 4.69) is 15.3 Å². The SMILES string of the molecule is Cc1nc2c(OCc3c(F)cccc3F)cccn2c1C(=O)NC(CO)(CO)c1ccc(F)cn1. The van der Waals surface area contributed by atoms with Crippen LogP contribution in [0.4, 0.5) is 13.2 Å². The second-order valence-corrected chi connectivity index (χ2v) is 7.81. The monoisotopic (exact) mass is 486 g/mol. The van der Waals surface area contributed by atoms with Crippen LogP contribution < -0.4 is 10.1 Å². The predicted octanol–water partition coefficient (Wildman–Crippen LogP) is 2.64. The van der Waals surface area contributed by atoms with E-state index in [0.717, 1.165) is 24.4 Å². The molecule has 0 spiro atoms. The highest BCUT2D eigenvalue weighted by Gasteiger charge is 2.36. The Balaban J connectivity index is 1.66. The molecule has 35 heavy (non-hydrogen) atoms. The first-order valence-corrected chi connectivity index (χ1v) is 10.5. The van der Waals surface area contributed by atoms with Crippen LogP contribution in [0.25, 0.3) is 5.65 Å². The van der Waals surface area contributed by atoms with Gasteiger partial charge in [-0.25, -0.2) is 18.2 Å². The number of hydrogen-bond donors (Lipinski definition) is 3. The number of imidazole rings is 1. The molecule has 11 heteroatoms. The molecular formula is C24H21F3N4O4. The molecule has 0 saturated heterocycles. The summed E-state index contributed by atoms with van der Waals surface area (Å²) in [6.45, 7) is -0.267. The van der Waals surface area contributed by atoms with E-state index in [1.165, 1.54) is 28.8 Å². The second kappa shape index (κ2) is 9.72. The molecule has 0 aliphatic rings. The number of aliphatic hydroxyl groups excluding tert-OH is 2. The van der Waals surface area contributed by atoms with Gasteiger partial charge >= 0.3 is 0 Å². The van der Waals surface area contributed by atoms with Crippen LogP contribution in [-0.2, 0) is 12.1 Å². The first-order chi connectivity index (χ1) is 16.8. The summed E-state index contributed by atoms with van der Waals surface area (Å²) in [6.07, 6.45) is 2.44. The first kappa shape index (κ1) is 24.2. The molecule has 0 saturated carbocycles. The van der Waals surface area contributed by atoms with Crippen molar-refractivity contribution in [2.75, 3.05) is 13.2 Å². The van der Waals surface area contributed by atoms with E-state index in [1.54, 1.807) is 13.0 Å². The van der Waals surface area contributed by atoms with Gasteiger partial charge in [-0.05, 0) is 43.3 Å². The van der Waals surface area contributed by atoms with Crippen molar-refractivity contribution < 1.29 is 32.9 Å². The number of aryl methyl sites for hydroxylation is 1. The van der Waals surface area contributed by atoms with Crippen molar-refractivity contribution in [1.82, 2.24) is 19.7 Å². The molecule has 0 aliphatic heterocycles. The number of halogens is 3. The Kier molecular flexibility index (Phi) is 6.72. The van der Waals surface area contributed by atoms with Gasteiger partial charge in [0.25, 0.3) is 5.91 Å². The quantitative estimate of drug-likeness (QED) is 0.353. The summed E-state index contributed by atoms with van der Waals surface area (Å²) in [7, 11) is 0. The van der Waals surface area contributed by atoms with Gasteiger partial charge in [0, 0.05) is 6.20 Å². The molecule has 3 N–H and O–H groups in total. The van der Waals surface area contributed by atoms with Crippen LogP contribution in [0.2, 0.25) is 0 Å². The van der Waals surface area contributed by atoms with Crippen LogP contribution in [0.1, 0.15) is 27.4 Å². The average Bonchev–Trinajstić information content (AvgIpc) is 3.19. The van der Waals surface area contributed by atoms with E-state index in [1.807, 2.05) is 0 Å². The van der Waals surface area contributed by atoms with Gasteiger partial charge in [0.05, 0.1) is 36.4 Å². The molecular weight excluding hydrogens is 465 g/mol. The Morgan fingerprint density at radius 2 is 1.80 bits per heavy atom. The number of nitrogens with zero attached hydrogens (tertiary/aromatic N) is 3. The zero-order valence-corrected chi connectivity index (χ0v) is 18.5. The molecule has 3 heterocycles. The van der Waals surface area contributed by atoms with E-state index in [4.69, 9.17) is 4.74 Å². The topological polar surface area (TPSA) is 109 Å². The summed E-state index contributed by atoms with van der Waals surface area (Å²) in [4.78, 5) is 21.5. The molecule has 0 aliphatic carbocycles. The van der Waals surface area contributed by atoms with Gasteiger partial charge in [-0.1, -0.05) is 6.07 Å². The predicted molar refractivity (Wildman–Crippen MR) is 118 cm³/mol. The zero-order chi connectivity index (χ0) is 25.2. The summed E-state index contributed by atoms with van der Waals surface area (Å²) < 4.78 is 48.3. The van der Waals surface area contributed by atoms with E-state index >= 15 is 0 Å². The number of carbonyl (C=O) groups excluding carboxylic acids is 1. The maximum absolute atomic E-state index is 14.0. The van der Waals surface area contributed by atoms with Crippen molar-refractivity contribution in [1.29, 1.82) is 0 Å². The van der Waals surface area contributed by atoms with E-state index in [-0.39, 0.29) is 34.0 Å². The summed E-state index contributed by atoms with van der Waals surface area (Å²) in [5.41, 5.74) is -1.33. The molecule has 3 aromatic heterocycles. The molecule has 1 amide bonds. The van der Waals surface area contributed by atoms with Crippen molar-refractivity contribution in [2.45, 2.75) is 19.1 Å². The van der Waals surface area contributed by atoms with Crippen molar-refractivity contribution >= 4 is 11.6 Å². The highest BCUT2D eigenvalue weighted by atomic mass is 19.1. The molecule has 8 nitrogen and oxygen atoms in total. The highest BCUT2D eigenvalue weighted by Crippen LogP contribution is 2.26. The Bertz CT molecular complexity index is 1350. The van der Waals surface area contributed by atoms with Gasteiger partial charge in [0.15, 0.2) is 11.4 Å². The molecule has 4 aromatic rings. The smallest absolute Gasteiger partial charge is 0.271 e. The molecule has 0 atom stereocenters. The summed E-state index contributed by atoms with van der Waals surface area (Å²) in [6, 6.07) is 8.93. The maximum atomic E-state index is 14.0. The number of rotatable bonds is 8. The normalized spacial score (nSPS) is 11.6. The van der Waals surface area contributed by atoms with E-state index in [0.29, 0.717) is 0 Å². The average molecular weight is 486 g/mol. The number of carbonyl (C=O) groups is 1. The summed E-state index contributed by atoms with van der Waals surface area (Å²) in [5, 5.41) is 22.5. The summed E-state index contributed by atoms with van der Waals surface area (Å²) >= 11 is 0. The molecule has 0 fully saturated rings. The van der Waals surface area contributed by atoms with Crippen molar-refractivity contribution in [3.63, 3.8) is 0 Å². The van der Waals surface area contributed by atoms with Crippen LogP contribution in [-0.4, -0.2) is 43.7 Å². The molecule has 4 rings (SSSR count). The lowest BCUT2D eigenvalue weighted by molar-refractivity contribution is 0.0637. The number of benzene rings is 1. The fourth-order valence-corrected chi connectivity index (χ4v) is 3.65. The van der Waals surface area contributed by atoms with E-state index < -0.39 is 48.7 Å². The summed E-state index contributed by atoms with van der Waals surface area (Å²) in [5.74, 6) is -2.66. The number of aliphatic hydroxyl groups is 2. The standard InChI is InChI=1S/C24H21F3N4O4/c1-14-21(23(34)30-24(12-32,13-33)20-8-7-15(25)10-28-20)31-9-3-6-19(22(31)29-14)35-11-16-17(26)4-2-5-18(16)27/h2-10,32-33H,11-13H2,1H3,(H,30,34). The van der Waals surface area contributed by atoms with Gasteiger partial charge in [0.1, 0.15) is 35.3 Å². The van der Waals surface area contributed by atoms with E-state index in [9.17, 15) is 28.2 Å². The Labute approximate surface area is 197 Å². The fraction of sp³-hybridized carbons (Fsp3) is 0.208. The number of nitrogens with one attached hydrogen (secondary N) is 1. The molecule has 0 radical (unpaired) electrons. The minimum Gasteiger partial charge on any atom is -0.485 e. The highest BCUT2D eigenvalue weighted by molar-refractivity contribution is 5.95. The van der Waals surface area contributed by atoms with Gasteiger partial charge in [-0.15, -0.1) is 0 Å². The van der Waals surface area contributed by atoms with Gasteiger partial charge in [-0.3, -0.25) is 14.2 Å². The Hall–Kier alpha value is -3.96. The fourth-order valence-electron chi connectivity index (χ4n) is 3.65. The first-order valence-electron chi connectivity index (χ1n) is 10.5. The third-order valence-corrected chi connectivity index (χ3v) is 5.55. The van der Waals surface area contributed by atoms with Crippen molar-refractivity contribution in [3.05, 3.63) is 95.0 Å². The lowest BCUT2D eigenvalue weighted by atomic mass is 9.96. The van der Waals surface area contributed by atoms with Crippen LogP contribution in [0, 0.1) is 24.4 Å². The number of amides is 1. The molecule has 0 bridgehead atoms. The van der Waals surface area contributed by atoms with Crippen molar-refractivity contribution in [2.24, 2.45) is 0 Å².